The molecule has 0 heterocycles. The highest BCUT2D eigenvalue weighted by Gasteiger charge is 2.18. The molecule has 0 fully saturated rings. The SMILES string of the molecule is COc1ccc(C(O)C(C)OC(C)=O)cc1. The first kappa shape index (κ1) is 12.5. The average Bonchev–Trinajstić information content (AvgIpc) is 2.27. The predicted octanol–water partition coefficient (Wildman–Crippen LogP) is 1.68. The normalized spacial score (nSPS) is 14.0. The van der Waals surface area contributed by atoms with Crippen LogP contribution >= 0.6 is 0 Å². The lowest BCUT2D eigenvalue weighted by atomic mass is 10.1. The number of carbonyl (C=O) groups excluding carboxylic acids is 1. The van der Waals surface area contributed by atoms with Gasteiger partial charge in [0.05, 0.1) is 7.11 Å². The van der Waals surface area contributed by atoms with Crippen LogP contribution in [-0.4, -0.2) is 24.3 Å². The monoisotopic (exact) mass is 224 g/mol. The minimum absolute atomic E-state index is 0.403. The van der Waals surface area contributed by atoms with E-state index < -0.39 is 18.2 Å². The Kier molecular flexibility index (Phi) is 4.31. The van der Waals surface area contributed by atoms with E-state index in [2.05, 4.69) is 0 Å². The highest BCUT2D eigenvalue weighted by molar-refractivity contribution is 5.66. The number of methoxy groups -OCH3 is 1. The van der Waals surface area contributed by atoms with E-state index >= 15 is 0 Å². The molecule has 0 aliphatic heterocycles. The zero-order valence-corrected chi connectivity index (χ0v) is 9.64. The van der Waals surface area contributed by atoms with Crippen molar-refractivity contribution in [2.75, 3.05) is 7.11 Å². The standard InChI is InChI=1S/C12H16O4/c1-8(16-9(2)13)12(14)10-4-6-11(15-3)7-5-10/h4-8,12,14H,1-3H3. The van der Waals surface area contributed by atoms with Crippen molar-refractivity contribution in [1.29, 1.82) is 0 Å². The lowest BCUT2D eigenvalue weighted by molar-refractivity contribution is -0.151. The average molecular weight is 224 g/mol. The summed E-state index contributed by atoms with van der Waals surface area (Å²) in [5.74, 6) is 0.316. The second-order valence-corrected chi connectivity index (χ2v) is 3.53. The summed E-state index contributed by atoms with van der Waals surface area (Å²) in [5.41, 5.74) is 0.689. The Balaban J connectivity index is 2.71. The summed E-state index contributed by atoms with van der Waals surface area (Å²) >= 11 is 0. The molecule has 2 atom stereocenters. The maximum Gasteiger partial charge on any atom is 0.302 e. The maximum absolute atomic E-state index is 10.7. The molecule has 88 valence electrons. The smallest absolute Gasteiger partial charge is 0.302 e. The van der Waals surface area contributed by atoms with Gasteiger partial charge >= 0.3 is 5.97 Å². The zero-order chi connectivity index (χ0) is 12.1. The Bertz CT molecular complexity index is 345. The molecule has 0 spiro atoms. The molecule has 0 aliphatic carbocycles. The number of hydrogen-bond acceptors (Lipinski definition) is 4. The number of aliphatic hydroxyl groups excluding tert-OH is 1. The first-order valence-electron chi connectivity index (χ1n) is 5.04. The second-order valence-electron chi connectivity index (χ2n) is 3.53. The summed E-state index contributed by atoms with van der Waals surface area (Å²) in [6.07, 6.45) is -1.39. The summed E-state index contributed by atoms with van der Waals surface area (Å²) in [7, 11) is 1.58. The van der Waals surface area contributed by atoms with Crippen molar-refractivity contribution in [3.8, 4) is 5.75 Å². The predicted molar refractivity (Wildman–Crippen MR) is 59.2 cm³/mol. The molecule has 0 amide bonds. The van der Waals surface area contributed by atoms with Gasteiger partial charge in [-0.25, -0.2) is 0 Å². The van der Waals surface area contributed by atoms with Gasteiger partial charge in [0.1, 0.15) is 18.0 Å². The number of ether oxygens (including phenoxy) is 2. The number of carbonyl (C=O) groups is 1. The van der Waals surface area contributed by atoms with Crippen molar-refractivity contribution in [3.63, 3.8) is 0 Å². The fourth-order valence-electron chi connectivity index (χ4n) is 1.40. The molecule has 4 heteroatoms. The van der Waals surface area contributed by atoms with Gasteiger partial charge in [-0.1, -0.05) is 12.1 Å². The molecule has 4 nitrogen and oxygen atoms in total. The molecule has 0 aliphatic rings. The molecule has 0 saturated carbocycles. The van der Waals surface area contributed by atoms with E-state index in [1.165, 1.54) is 6.92 Å². The molecule has 0 bridgehead atoms. The number of esters is 1. The maximum atomic E-state index is 10.7. The van der Waals surface area contributed by atoms with Gasteiger partial charge in [0.2, 0.25) is 0 Å². The second kappa shape index (κ2) is 5.51. The molecular weight excluding hydrogens is 208 g/mol. The summed E-state index contributed by atoms with van der Waals surface area (Å²) in [6.45, 7) is 2.97. The fraction of sp³-hybridized carbons (Fsp3) is 0.417. The Morgan fingerprint density at radius 2 is 1.88 bits per heavy atom. The highest BCUT2D eigenvalue weighted by atomic mass is 16.6. The van der Waals surface area contributed by atoms with Crippen LogP contribution in [0.3, 0.4) is 0 Å². The first-order chi connectivity index (χ1) is 7.54. The highest BCUT2D eigenvalue weighted by Crippen LogP contribution is 2.21. The van der Waals surface area contributed by atoms with Crippen LogP contribution in [0.4, 0.5) is 0 Å². The Morgan fingerprint density at radius 1 is 1.31 bits per heavy atom. The zero-order valence-electron chi connectivity index (χ0n) is 9.64. The number of rotatable bonds is 4. The van der Waals surface area contributed by atoms with Crippen molar-refractivity contribution in [2.45, 2.75) is 26.1 Å². The molecule has 1 aromatic rings. The number of aliphatic hydroxyl groups is 1. The molecule has 16 heavy (non-hydrogen) atoms. The van der Waals surface area contributed by atoms with E-state index in [-0.39, 0.29) is 0 Å². The molecule has 0 saturated heterocycles. The van der Waals surface area contributed by atoms with Crippen LogP contribution in [-0.2, 0) is 9.53 Å². The van der Waals surface area contributed by atoms with Crippen LogP contribution in [0, 0.1) is 0 Å². The van der Waals surface area contributed by atoms with E-state index in [4.69, 9.17) is 9.47 Å². The molecule has 0 aromatic heterocycles. The van der Waals surface area contributed by atoms with Crippen molar-refractivity contribution in [2.24, 2.45) is 0 Å². The van der Waals surface area contributed by atoms with Crippen LogP contribution in [0.25, 0.3) is 0 Å². The van der Waals surface area contributed by atoms with Crippen molar-refractivity contribution in [1.82, 2.24) is 0 Å². The van der Waals surface area contributed by atoms with E-state index in [9.17, 15) is 9.90 Å². The van der Waals surface area contributed by atoms with Crippen molar-refractivity contribution >= 4 is 5.97 Å². The lowest BCUT2D eigenvalue weighted by Crippen LogP contribution is -2.20. The third-order valence-corrected chi connectivity index (χ3v) is 2.25. The summed E-state index contributed by atoms with van der Waals surface area (Å²) in [5, 5.41) is 9.88. The van der Waals surface area contributed by atoms with Gasteiger partial charge in [-0.05, 0) is 24.6 Å². The molecule has 1 rings (SSSR count). The number of hydrogen-bond donors (Lipinski definition) is 1. The van der Waals surface area contributed by atoms with E-state index in [0.29, 0.717) is 5.56 Å². The van der Waals surface area contributed by atoms with Gasteiger partial charge in [-0.2, -0.15) is 0 Å². The quantitative estimate of drug-likeness (QED) is 0.790. The van der Waals surface area contributed by atoms with Crippen molar-refractivity contribution in [3.05, 3.63) is 29.8 Å². The molecule has 1 N–H and O–H groups in total. The molecule has 0 radical (unpaired) electrons. The first-order valence-corrected chi connectivity index (χ1v) is 5.04. The van der Waals surface area contributed by atoms with E-state index in [1.54, 1.807) is 38.3 Å². The van der Waals surface area contributed by atoms with Crippen LogP contribution in [0.5, 0.6) is 5.75 Å². The lowest BCUT2D eigenvalue weighted by Gasteiger charge is -2.19. The summed E-state index contributed by atoms with van der Waals surface area (Å²) in [4.78, 5) is 10.7. The van der Waals surface area contributed by atoms with Gasteiger partial charge < -0.3 is 14.6 Å². The van der Waals surface area contributed by atoms with Crippen LogP contribution < -0.4 is 4.74 Å². The van der Waals surface area contributed by atoms with Gasteiger partial charge in [0.25, 0.3) is 0 Å². The fourth-order valence-corrected chi connectivity index (χ4v) is 1.40. The van der Waals surface area contributed by atoms with Crippen LogP contribution in [0.15, 0.2) is 24.3 Å². The molecule has 1 aromatic carbocycles. The van der Waals surface area contributed by atoms with Crippen molar-refractivity contribution < 1.29 is 19.4 Å². The third kappa shape index (κ3) is 3.24. The Hall–Kier alpha value is -1.55. The van der Waals surface area contributed by atoms with Crippen LogP contribution in [0.1, 0.15) is 25.5 Å². The molecular formula is C12H16O4. The van der Waals surface area contributed by atoms with Crippen LogP contribution in [0.2, 0.25) is 0 Å². The Labute approximate surface area is 94.8 Å². The van der Waals surface area contributed by atoms with Gasteiger partial charge in [0, 0.05) is 6.92 Å². The summed E-state index contributed by atoms with van der Waals surface area (Å²) < 4.78 is 9.91. The largest absolute Gasteiger partial charge is 0.497 e. The van der Waals surface area contributed by atoms with E-state index in [1.807, 2.05) is 0 Å². The van der Waals surface area contributed by atoms with Gasteiger partial charge in [0.15, 0.2) is 0 Å². The molecule has 2 unspecified atom stereocenters. The summed E-state index contributed by atoms with van der Waals surface area (Å²) in [6, 6.07) is 6.98. The topological polar surface area (TPSA) is 55.8 Å². The minimum atomic E-state index is -0.824. The number of benzene rings is 1. The van der Waals surface area contributed by atoms with Gasteiger partial charge in [-0.3, -0.25) is 4.79 Å². The van der Waals surface area contributed by atoms with E-state index in [0.717, 1.165) is 5.75 Å². The Morgan fingerprint density at radius 3 is 2.31 bits per heavy atom. The third-order valence-electron chi connectivity index (χ3n) is 2.25. The minimum Gasteiger partial charge on any atom is -0.497 e. The van der Waals surface area contributed by atoms with Gasteiger partial charge in [-0.15, -0.1) is 0 Å².